The zero-order valence-corrected chi connectivity index (χ0v) is 13.2. The van der Waals surface area contributed by atoms with Gasteiger partial charge in [0, 0.05) is 6.08 Å². The van der Waals surface area contributed by atoms with Gasteiger partial charge in [-0.25, -0.2) is 4.79 Å². The van der Waals surface area contributed by atoms with Crippen LogP contribution < -0.4 is 0 Å². The van der Waals surface area contributed by atoms with E-state index in [1.807, 2.05) is 13.1 Å². The first-order valence-corrected chi connectivity index (χ1v) is 9.41. The summed E-state index contributed by atoms with van der Waals surface area (Å²) in [5, 5.41) is 0. The fraction of sp³-hybridized carbons (Fsp3) is 0.700. The second-order valence-corrected chi connectivity index (χ2v) is 11.0. The number of rotatable bonds is 7. The van der Waals surface area contributed by atoms with Crippen LogP contribution in [0.5, 0.6) is 0 Å². The van der Waals surface area contributed by atoms with Gasteiger partial charge in [0.2, 0.25) is 3.79 Å². The summed E-state index contributed by atoms with van der Waals surface area (Å²) in [5.41, 5.74) is 0. The highest BCUT2D eigenvalue weighted by Crippen LogP contribution is 2.28. The van der Waals surface area contributed by atoms with E-state index in [9.17, 15) is 4.79 Å². The lowest BCUT2D eigenvalue weighted by molar-refractivity contribution is -0.137. The highest BCUT2D eigenvalue weighted by atomic mass is 35.6. The van der Waals surface area contributed by atoms with Crippen LogP contribution in [-0.4, -0.2) is 31.3 Å². The summed E-state index contributed by atoms with van der Waals surface area (Å²) < 4.78 is 9.10. The third-order valence-corrected chi connectivity index (χ3v) is 4.77. The van der Waals surface area contributed by atoms with Crippen molar-refractivity contribution in [1.82, 2.24) is 0 Å². The Morgan fingerprint density at radius 2 is 2.00 bits per heavy atom. The van der Waals surface area contributed by atoms with Gasteiger partial charge in [-0.1, -0.05) is 41.4 Å². The van der Waals surface area contributed by atoms with Gasteiger partial charge in [-0.05, 0) is 25.6 Å². The minimum atomic E-state index is -1.87. The molecule has 0 saturated heterocycles. The molecule has 0 N–H and O–H groups in total. The van der Waals surface area contributed by atoms with Gasteiger partial charge in [-0.2, -0.15) is 0 Å². The van der Waals surface area contributed by atoms with E-state index >= 15 is 0 Å². The molecular formula is C10H17Cl3O3Si. The molecule has 0 saturated carbocycles. The van der Waals surface area contributed by atoms with E-state index in [0.717, 1.165) is 18.5 Å². The zero-order chi connectivity index (χ0) is 13.5. The number of alkyl halides is 3. The molecule has 7 heteroatoms. The molecule has 3 nitrogen and oxygen atoms in total. The number of carbonyl (C=O) groups excluding carboxylic acids is 1. The SMILES string of the molecule is C=CC(=O)OCCC[Si](C)(C)OCC(Cl)(Cl)Cl. The van der Waals surface area contributed by atoms with Crippen LogP contribution in [0, 0.1) is 0 Å². The Morgan fingerprint density at radius 1 is 1.41 bits per heavy atom. The Morgan fingerprint density at radius 3 is 2.47 bits per heavy atom. The summed E-state index contributed by atoms with van der Waals surface area (Å²) >= 11 is 16.8. The molecule has 0 aromatic carbocycles. The highest BCUT2D eigenvalue weighted by Gasteiger charge is 2.28. The fourth-order valence-electron chi connectivity index (χ4n) is 1.08. The molecule has 0 heterocycles. The molecule has 0 fully saturated rings. The molecule has 0 amide bonds. The van der Waals surface area contributed by atoms with Crippen LogP contribution in [0.15, 0.2) is 12.7 Å². The summed E-state index contributed by atoms with van der Waals surface area (Å²) in [4.78, 5) is 10.8. The molecule has 0 aliphatic carbocycles. The maximum atomic E-state index is 10.8. The van der Waals surface area contributed by atoms with Crippen molar-refractivity contribution >= 4 is 49.1 Å². The summed E-state index contributed by atoms with van der Waals surface area (Å²) in [6, 6.07) is 0.832. The van der Waals surface area contributed by atoms with Gasteiger partial charge < -0.3 is 9.16 Å². The van der Waals surface area contributed by atoms with E-state index in [1.165, 1.54) is 0 Å². The average Bonchev–Trinajstić information content (AvgIpc) is 2.20. The predicted molar refractivity (Wildman–Crippen MR) is 74.3 cm³/mol. The van der Waals surface area contributed by atoms with Gasteiger partial charge in [0.25, 0.3) is 0 Å². The maximum absolute atomic E-state index is 10.8. The van der Waals surface area contributed by atoms with Crippen LogP contribution in [-0.2, 0) is 14.0 Å². The minimum Gasteiger partial charge on any atom is -0.463 e. The summed E-state index contributed by atoms with van der Waals surface area (Å²) in [6.45, 7) is 7.81. The smallest absolute Gasteiger partial charge is 0.330 e. The Balaban J connectivity index is 3.78. The van der Waals surface area contributed by atoms with Gasteiger partial charge in [-0.3, -0.25) is 0 Å². The molecular weight excluding hydrogens is 303 g/mol. The van der Waals surface area contributed by atoms with Crippen LogP contribution >= 0.6 is 34.8 Å². The zero-order valence-electron chi connectivity index (χ0n) is 9.97. The maximum Gasteiger partial charge on any atom is 0.330 e. The molecule has 0 aromatic rings. The predicted octanol–water partition coefficient (Wildman–Crippen LogP) is 3.70. The van der Waals surface area contributed by atoms with Gasteiger partial charge in [-0.15, -0.1) is 0 Å². The molecule has 0 spiro atoms. The Labute approximate surface area is 118 Å². The van der Waals surface area contributed by atoms with E-state index < -0.39 is 18.1 Å². The van der Waals surface area contributed by atoms with Crippen LogP contribution in [0.1, 0.15) is 6.42 Å². The number of hydrogen-bond donors (Lipinski definition) is 0. The molecule has 100 valence electrons. The van der Waals surface area contributed by atoms with Gasteiger partial charge >= 0.3 is 5.97 Å². The molecule has 0 rings (SSSR count). The molecule has 0 aromatic heterocycles. The third kappa shape index (κ3) is 11.1. The Hall–Kier alpha value is 0.257. The Kier molecular flexibility index (Phi) is 7.75. The van der Waals surface area contributed by atoms with Crippen molar-refractivity contribution in [2.45, 2.75) is 29.4 Å². The average molecular weight is 320 g/mol. The lowest BCUT2D eigenvalue weighted by Crippen LogP contribution is -2.34. The molecule has 0 aliphatic heterocycles. The molecule has 0 atom stereocenters. The topological polar surface area (TPSA) is 35.5 Å². The number of carbonyl (C=O) groups is 1. The largest absolute Gasteiger partial charge is 0.463 e. The summed E-state index contributed by atoms with van der Waals surface area (Å²) in [5.74, 6) is -0.410. The lowest BCUT2D eigenvalue weighted by atomic mass is 10.5. The van der Waals surface area contributed by atoms with Crippen molar-refractivity contribution < 1.29 is 14.0 Å². The van der Waals surface area contributed by atoms with E-state index in [4.69, 9.17) is 44.0 Å². The third-order valence-electron chi connectivity index (χ3n) is 1.96. The first-order valence-electron chi connectivity index (χ1n) is 5.16. The van der Waals surface area contributed by atoms with Gasteiger partial charge in [0.05, 0.1) is 13.2 Å². The van der Waals surface area contributed by atoms with Crippen LogP contribution in [0.2, 0.25) is 19.1 Å². The minimum absolute atomic E-state index is 0.0866. The van der Waals surface area contributed by atoms with E-state index in [-0.39, 0.29) is 6.61 Å². The monoisotopic (exact) mass is 318 g/mol. The fourth-order valence-corrected chi connectivity index (χ4v) is 3.26. The first-order chi connectivity index (χ1) is 7.66. The molecule has 0 bridgehead atoms. The lowest BCUT2D eigenvalue weighted by Gasteiger charge is -2.25. The Bertz CT molecular complexity index is 264. The normalized spacial score (nSPS) is 12.3. The van der Waals surface area contributed by atoms with Crippen molar-refractivity contribution in [2.75, 3.05) is 13.2 Å². The van der Waals surface area contributed by atoms with Crippen molar-refractivity contribution in [3.8, 4) is 0 Å². The van der Waals surface area contributed by atoms with Crippen molar-refractivity contribution in [3.05, 3.63) is 12.7 Å². The molecule has 0 unspecified atom stereocenters. The molecule has 0 aliphatic rings. The second kappa shape index (κ2) is 7.64. The van der Waals surface area contributed by atoms with Crippen LogP contribution in [0.4, 0.5) is 0 Å². The first kappa shape index (κ1) is 17.3. The van der Waals surface area contributed by atoms with Gasteiger partial charge in [0.15, 0.2) is 8.32 Å². The molecule has 17 heavy (non-hydrogen) atoms. The number of esters is 1. The second-order valence-electron chi connectivity index (χ2n) is 4.14. The highest BCUT2D eigenvalue weighted by molar-refractivity contribution is 6.72. The summed E-state index contributed by atoms with van der Waals surface area (Å²) in [7, 11) is -1.87. The quantitative estimate of drug-likeness (QED) is 0.236. The standard InChI is InChI=1S/C10H17Cl3O3Si/c1-4-9(14)15-6-5-7-17(2,3)16-8-10(11,12)13/h4H,1,5-8H2,2-3H3. The molecule has 0 radical (unpaired) electrons. The van der Waals surface area contributed by atoms with E-state index in [1.54, 1.807) is 0 Å². The number of hydrogen-bond acceptors (Lipinski definition) is 3. The van der Waals surface area contributed by atoms with Crippen molar-refractivity contribution in [2.24, 2.45) is 0 Å². The van der Waals surface area contributed by atoms with Gasteiger partial charge in [0.1, 0.15) is 0 Å². The van der Waals surface area contributed by atoms with Crippen LogP contribution in [0.3, 0.4) is 0 Å². The van der Waals surface area contributed by atoms with Crippen molar-refractivity contribution in [1.29, 1.82) is 0 Å². The van der Waals surface area contributed by atoms with E-state index in [0.29, 0.717) is 6.61 Å². The van der Waals surface area contributed by atoms with E-state index in [2.05, 4.69) is 6.58 Å². The van der Waals surface area contributed by atoms with Crippen molar-refractivity contribution in [3.63, 3.8) is 0 Å². The summed E-state index contributed by atoms with van der Waals surface area (Å²) in [6.07, 6.45) is 1.88. The number of ether oxygens (including phenoxy) is 1. The number of halogens is 3. The van der Waals surface area contributed by atoms with Crippen LogP contribution in [0.25, 0.3) is 0 Å².